The molecule has 0 unspecified atom stereocenters. The van der Waals surface area contributed by atoms with Gasteiger partial charge in [0.1, 0.15) is 11.6 Å². The fraction of sp³-hybridized carbons (Fsp3) is 0.130. The smallest absolute Gasteiger partial charge is 0.269 e. The zero-order valence-electron chi connectivity index (χ0n) is 17.1. The van der Waals surface area contributed by atoms with E-state index >= 15 is 0 Å². The standard InChI is InChI=1S/C23H17F2N3O4/c1-12-8-17-20(10-19(12)25)27(11-14-9-15(28(31)32)5-6-18(14)24)22(13(2)29)21(17)16-4-3-7-26-23(16)30/h3-10H,11H2,1-2H3,(H,26,30). The van der Waals surface area contributed by atoms with Gasteiger partial charge in [0.05, 0.1) is 22.7 Å². The van der Waals surface area contributed by atoms with Gasteiger partial charge in [0.2, 0.25) is 0 Å². The van der Waals surface area contributed by atoms with E-state index in [4.69, 9.17) is 0 Å². The summed E-state index contributed by atoms with van der Waals surface area (Å²) in [6.45, 7) is 2.57. The number of hydrogen-bond acceptors (Lipinski definition) is 4. The van der Waals surface area contributed by atoms with E-state index in [1.54, 1.807) is 13.0 Å². The molecule has 4 aromatic rings. The number of H-pyrrole nitrogens is 1. The van der Waals surface area contributed by atoms with Crippen LogP contribution in [0.4, 0.5) is 14.5 Å². The number of nitrogens with one attached hydrogen (secondary N) is 1. The number of aromatic nitrogens is 2. The van der Waals surface area contributed by atoms with Gasteiger partial charge >= 0.3 is 0 Å². The first-order valence-electron chi connectivity index (χ1n) is 9.63. The molecular weight excluding hydrogens is 420 g/mol. The van der Waals surface area contributed by atoms with Crippen molar-refractivity contribution in [2.75, 3.05) is 0 Å². The van der Waals surface area contributed by atoms with Crippen molar-refractivity contribution in [3.05, 3.63) is 97.6 Å². The minimum atomic E-state index is -0.710. The van der Waals surface area contributed by atoms with Crippen LogP contribution in [-0.2, 0) is 6.54 Å². The summed E-state index contributed by atoms with van der Waals surface area (Å²) in [6.07, 6.45) is 1.45. The fourth-order valence-electron chi connectivity index (χ4n) is 3.87. The van der Waals surface area contributed by atoms with Gasteiger partial charge in [-0.05, 0) is 42.8 Å². The number of carbonyl (C=O) groups is 1. The number of aryl methyl sites for hydroxylation is 1. The molecule has 0 spiro atoms. The zero-order valence-corrected chi connectivity index (χ0v) is 17.1. The fourth-order valence-corrected chi connectivity index (χ4v) is 3.87. The normalized spacial score (nSPS) is 11.1. The van der Waals surface area contributed by atoms with E-state index in [1.807, 2.05) is 0 Å². The van der Waals surface area contributed by atoms with E-state index in [9.17, 15) is 28.5 Å². The lowest BCUT2D eigenvalue weighted by Crippen LogP contribution is -2.13. The maximum absolute atomic E-state index is 14.5. The number of non-ortho nitro benzene ring substituents is 1. The van der Waals surface area contributed by atoms with Gasteiger partial charge < -0.3 is 9.55 Å². The van der Waals surface area contributed by atoms with Gasteiger partial charge in [-0.15, -0.1) is 0 Å². The maximum Gasteiger partial charge on any atom is 0.269 e. The number of ketones is 1. The summed E-state index contributed by atoms with van der Waals surface area (Å²) in [4.78, 5) is 38.3. The molecule has 0 bridgehead atoms. The Labute approximate surface area is 180 Å². The van der Waals surface area contributed by atoms with E-state index in [0.29, 0.717) is 16.5 Å². The van der Waals surface area contributed by atoms with E-state index in [1.165, 1.54) is 35.9 Å². The molecule has 2 aromatic carbocycles. The summed E-state index contributed by atoms with van der Waals surface area (Å²) in [6, 6.07) is 8.96. The Kier molecular flexibility index (Phi) is 5.17. The van der Waals surface area contributed by atoms with Crippen LogP contribution in [0.5, 0.6) is 0 Å². The molecular formula is C23H17F2N3O4. The van der Waals surface area contributed by atoms with Crippen LogP contribution in [0.25, 0.3) is 22.0 Å². The third-order valence-corrected chi connectivity index (χ3v) is 5.33. The minimum absolute atomic E-state index is 0.0481. The maximum atomic E-state index is 14.5. The molecule has 0 fully saturated rings. The molecule has 7 nitrogen and oxygen atoms in total. The van der Waals surface area contributed by atoms with Crippen molar-refractivity contribution in [1.82, 2.24) is 9.55 Å². The van der Waals surface area contributed by atoms with E-state index < -0.39 is 27.9 Å². The lowest BCUT2D eigenvalue weighted by molar-refractivity contribution is -0.385. The number of hydrogen-bond donors (Lipinski definition) is 1. The second kappa shape index (κ2) is 7.84. The highest BCUT2D eigenvalue weighted by atomic mass is 19.1. The topological polar surface area (TPSA) is 98.0 Å². The van der Waals surface area contributed by atoms with Gasteiger partial charge in [-0.1, -0.05) is 0 Å². The molecule has 9 heteroatoms. The molecule has 0 aliphatic rings. The van der Waals surface area contributed by atoms with Crippen LogP contribution in [0.15, 0.2) is 53.5 Å². The Morgan fingerprint density at radius 3 is 2.56 bits per heavy atom. The number of Topliss-reactive ketones (excluding diaryl/α,β-unsaturated/α-hetero) is 1. The van der Waals surface area contributed by atoms with Crippen LogP contribution in [-0.4, -0.2) is 20.3 Å². The lowest BCUT2D eigenvalue weighted by atomic mass is 10.0. The van der Waals surface area contributed by atoms with Crippen molar-refractivity contribution in [2.24, 2.45) is 0 Å². The van der Waals surface area contributed by atoms with Crippen molar-refractivity contribution in [1.29, 1.82) is 0 Å². The molecule has 0 saturated heterocycles. The van der Waals surface area contributed by atoms with Crippen molar-refractivity contribution < 1.29 is 18.5 Å². The van der Waals surface area contributed by atoms with Gasteiger partial charge in [0.25, 0.3) is 11.2 Å². The SMILES string of the molecule is CC(=O)c1c(-c2ccc[nH]c2=O)c2cc(C)c(F)cc2n1Cc1cc([N+](=O)[O-])ccc1F. The third-order valence-electron chi connectivity index (χ3n) is 5.33. The summed E-state index contributed by atoms with van der Waals surface area (Å²) in [5, 5.41) is 11.6. The Bertz CT molecular complexity index is 1470. The van der Waals surface area contributed by atoms with Crippen molar-refractivity contribution in [3.8, 4) is 11.1 Å². The number of halogens is 2. The number of carbonyl (C=O) groups excluding carboxylic acids is 1. The van der Waals surface area contributed by atoms with Crippen LogP contribution in [0.2, 0.25) is 0 Å². The minimum Gasteiger partial charge on any atom is -0.333 e. The first kappa shape index (κ1) is 21.1. The van der Waals surface area contributed by atoms with Crippen molar-refractivity contribution >= 4 is 22.4 Å². The number of nitro groups is 1. The van der Waals surface area contributed by atoms with Gasteiger partial charge in [0, 0.05) is 47.3 Å². The number of nitrogens with zero attached hydrogens (tertiary/aromatic N) is 2. The van der Waals surface area contributed by atoms with Crippen LogP contribution < -0.4 is 5.56 Å². The summed E-state index contributed by atoms with van der Waals surface area (Å²) in [5.74, 6) is -1.68. The predicted octanol–water partition coefficient (Wildman–Crippen LogP) is 4.74. The average Bonchev–Trinajstić information content (AvgIpc) is 3.03. The second-order valence-electron chi connectivity index (χ2n) is 7.43. The Morgan fingerprint density at radius 1 is 1.16 bits per heavy atom. The van der Waals surface area contributed by atoms with Crippen molar-refractivity contribution in [3.63, 3.8) is 0 Å². The molecule has 0 amide bonds. The second-order valence-corrected chi connectivity index (χ2v) is 7.43. The molecule has 2 aromatic heterocycles. The van der Waals surface area contributed by atoms with Gasteiger partial charge in [-0.3, -0.25) is 19.7 Å². The molecule has 4 rings (SSSR count). The van der Waals surface area contributed by atoms with Gasteiger partial charge in [0.15, 0.2) is 5.78 Å². The highest BCUT2D eigenvalue weighted by Gasteiger charge is 2.25. The van der Waals surface area contributed by atoms with Gasteiger partial charge in [-0.2, -0.15) is 0 Å². The molecule has 0 radical (unpaired) electrons. The first-order valence-corrected chi connectivity index (χ1v) is 9.63. The molecule has 2 heterocycles. The van der Waals surface area contributed by atoms with Crippen LogP contribution >= 0.6 is 0 Å². The molecule has 0 aliphatic heterocycles. The summed E-state index contributed by atoms with van der Waals surface area (Å²) in [5.41, 5.74) is 0.333. The number of benzene rings is 2. The quantitative estimate of drug-likeness (QED) is 0.277. The summed E-state index contributed by atoms with van der Waals surface area (Å²) < 4.78 is 30.4. The molecule has 32 heavy (non-hydrogen) atoms. The van der Waals surface area contributed by atoms with Gasteiger partial charge in [-0.25, -0.2) is 8.78 Å². The Balaban J connectivity index is 2.09. The Hall–Kier alpha value is -4.14. The molecule has 0 atom stereocenters. The predicted molar refractivity (Wildman–Crippen MR) is 115 cm³/mol. The number of nitro benzene ring substituents is 1. The molecule has 162 valence electrons. The number of pyridine rings is 1. The highest BCUT2D eigenvalue weighted by Crippen LogP contribution is 2.36. The third kappa shape index (κ3) is 3.47. The van der Waals surface area contributed by atoms with E-state index in [2.05, 4.69) is 4.98 Å². The zero-order chi connectivity index (χ0) is 23.2. The highest BCUT2D eigenvalue weighted by molar-refractivity contribution is 6.10. The number of rotatable bonds is 5. The molecule has 0 aliphatic carbocycles. The van der Waals surface area contributed by atoms with E-state index in [0.717, 1.165) is 18.2 Å². The average molecular weight is 437 g/mol. The largest absolute Gasteiger partial charge is 0.333 e. The van der Waals surface area contributed by atoms with Crippen LogP contribution in [0, 0.1) is 28.7 Å². The lowest BCUT2D eigenvalue weighted by Gasteiger charge is -2.11. The van der Waals surface area contributed by atoms with Crippen molar-refractivity contribution in [2.45, 2.75) is 20.4 Å². The summed E-state index contributed by atoms with van der Waals surface area (Å²) in [7, 11) is 0. The first-order chi connectivity index (χ1) is 15.2. The Morgan fingerprint density at radius 2 is 1.91 bits per heavy atom. The van der Waals surface area contributed by atoms with Crippen LogP contribution in [0.1, 0.15) is 28.5 Å². The summed E-state index contributed by atoms with van der Waals surface area (Å²) >= 11 is 0. The van der Waals surface area contributed by atoms with E-state index in [-0.39, 0.29) is 34.6 Å². The molecule has 0 saturated carbocycles. The monoisotopic (exact) mass is 437 g/mol. The van der Waals surface area contributed by atoms with Crippen LogP contribution in [0.3, 0.4) is 0 Å². The molecule has 1 N–H and O–H groups in total. The number of fused-ring (bicyclic) bond motifs is 1. The number of aromatic amines is 1.